The molecule has 1 unspecified atom stereocenters. The number of nitrogens with zero attached hydrogens (tertiary/aromatic N) is 1. The maximum Gasteiger partial charge on any atom is 0.223 e. The van der Waals surface area contributed by atoms with Crippen molar-refractivity contribution in [2.24, 2.45) is 0 Å². The lowest BCUT2D eigenvalue weighted by Gasteiger charge is -2.25. The molecule has 2 aromatic carbocycles. The van der Waals surface area contributed by atoms with E-state index in [2.05, 4.69) is 18.0 Å². The minimum absolute atomic E-state index is 0.00609. The molecule has 1 aromatic heterocycles. The third-order valence-corrected chi connectivity index (χ3v) is 5.65. The summed E-state index contributed by atoms with van der Waals surface area (Å²) >= 11 is 0. The topological polar surface area (TPSA) is 36.1 Å². The average Bonchev–Trinajstić information content (AvgIpc) is 3.16. The van der Waals surface area contributed by atoms with Crippen molar-refractivity contribution in [2.75, 3.05) is 13.1 Å². The van der Waals surface area contributed by atoms with Crippen molar-refractivity contribution < 1.29 is 13.6 Å². The molecule has 0 aliphatic heterocycles. The van der Waals surface area contributed by atoms with E-state index in [1.807, 2.05) is 37.1 Å². The Kier molecular flexibility index (Phi) is 7.24. The molecule has 0 spiro atoms. The second-order valence-electron chi connectivity index (χ2n) is 7.74. The molecule has 0 bridgehead atoms. The van der Waals surface area contributed by atoms with Gasteiger partial charge in [-0.05, 0) is 42.0 Å². The summed E-state index contributed by atoms with van der Waals surface area (Å²) < 4.78 is 28.4. The Labute approximate surface area is 177 Å². The maximum atomic E-state index is 14.8. The van der Waals surface area contributed by atoms with E-state index in [1.54, 1.807) is 0 Å². The lowest BCUT2D eigenvalue weighted by atomic mass is 9.87. The minimum Gasteiger partial charge on any atom is -0.361 e. The molecule has 0 saturated carbocycles. The number of carbonyl (C=O) groups excluding carboxylic acids is 1. The van der Waals surface area contributed by atoms with Crippen LogP contribution < -0.4 is 0 Å². The highest BCUT2D eigenvalue weighted by atomic mass is 19.1. The van der Waals surface area contributed by atoms with Gasteiger partial charge in [-0.2, -0.15) is 0 Å². The fraction of sp³-hybridized carbons (Fsp3) is 0.400. The van der Waals surface area contributed by atoms with E-state index < -0.39 is 17.6 Å². The molecule has 3 rings (SSSR count). The van der Waals surface area contributed by atoms with Gasteiger partial charge in [0.2, 0.25) is 5.91 Å². The number of amides is 1. The van der Waals surface area contributed by atoms with E-state index in [0.717, 1.165) is 41.8 Å². The lowest BCUT2D eigenvalue weighted by molar-refractivity contribution is -0.131. The smallest absolute Gasteiger partial charge is 0.223 e. The van der Waals surface area contributed by atoms with Crippen LogP contribution >= 0.6 is 0 Å². The molecule has 0 fully saturated rings. The van der Waals surface area contributed by atoms with Crippen LogP contribution in [0.4, 0.5) is 8.78 Å². The molecule has 30 heavy (non-hydrogen) atoms. The monoisotopic (exact) mass is 412 g/mol. The lowest BCUT2D eigenvalue weighted by Crippen LogP contribution is -2.33. The number of hydrogen-bond donors (Lipinski definition) is 1. The molecule has 0 aliphatic rings. The third kappa shape index (κ3) is 4.55. The number of benzene rings is 2. The molecule has 1 heterocycles. The summed E-state index contributed by atoms with van der Waals surface area (Å²) in [6.07, 6.45) is 4.62. The van der Waals surface area contributed by atoms with Gasteiger partial charge in [0.05, 0.1) is 0 Å². The first-order chi connectivity index (χ1) is 14.5. The molecule has 0 aliphatic carbocycles. The van der Waals surface area contributed by atoms with Crippen LogP contribution in [0.2, 0.25) is 0 Å². The van der Waals surface area contributed by atoms with Gasteiger partial charge in [-0.15, -0.1) is 0 Å². The predicted octanol–water partition coefficient (Wildman–Crippen LogP) is 6.18. The summed E-state index contributed by atoms with van der Waals surface area (Å²) in [5.41, 5.74) is 3.39. The van der Waals surface area contributed by atoms with Crippen LogP contribution in [-0.4, -0.2) is 28.9 Å². The van der Waals surface area contributed by atoms with Crippen molar-refractivity contribution in [1.82, 2.24) is 9.88 Å². The van der Waals surface area contributed by atoms with Crippen LogP contribution in [0.5, 0.6) is 0 Å². The third-order valence-electron chi connectivity index (χ3n) is 5.65. The van der Waals surface area contributed by atoms with Crippen LogP contribution in [0.3, 0.4) is 0 Å². The first kappa shape index (κ1) is 22.0. The van der Waals surface area contributed by atoms with Crippen LogP contribution in [0, 0.1) is 11.6 Å². The normalized spacial score (nSPS) is 12.3. The maximum absolute atomic E-state index is 14.8. The predicted molar refractivity (Wildman–Crippen MR) is 118 cm³/mol. The number of H-pyrrole nitrogens is 1. The van der Waals surface area contributed by atoms with Crippen molar-refractivity contribution in [1.29, 1.82) is 0 Å². The Balaban J connectivity index is 2.08. The number of hydrogen-bond acceptors (Lipinski definition) is 1. The summed E-state index contributed by atoms with van der Waals surface area (Å²) in [6, 6.07) is 9.67. The summed E-state index contributed by atoms with van der Waals surface area (Å²) in [4.78, 5) is 18.3. The number of rotatable bonds is 9. The van der Waals surface area contributed by atoms with Crippen molar-refractivity contribution in [2.45, 2.75) is 52.4 Å². The summed E-state index contributed by atoms with van der Waals surface area (Å²) in [5, 5.41) is 0.980. The average molecular weight is 413 g/mol. The van der Waals surface area contributed by atoms with E-state index in [0.29, 0.717) is 18.7 Å². The van der Waals surface area contributed by atoms with Crippen molar-refractivity contribution >= 4 is 16.8 Å². The number of para-hydroxylation sites is 1. The minimum atomic E-state index is -0.619. The first-order valence-corrected chi connectivity index (χ1v) is 10.8. The van der Waals surface area contributed by atoms with Crippen molar-refractivity contribution in [3.8, 4) is 0 Å². The van der Waals surface area contributed by atoms with Crippen LogP contribution in [-0.2, 0) is 11.2 Å². The fourth-order valence-corrected chi connectivity index (χ4v) is 4.20. The fourth-order valence-electron chi connectivity index (χ4n) is 4.20. The van der Waals surface area contributed by atoms with E-state index in [-0.39, 0.29) is 12.3 Å². The molecular formula is C25H30F2N2O. The summed E-state index contributed by atoms with van der Waals surface area (Å²) in [6.45, 7) is 7.53. The largest absolute Gasteiger partial charge is 0.361 e. The molecular weight excluding hydrogens is 382 g/mol. The number of aryl methyl sites for hydroxylation is 1. The number of aromatic amines is 1. The number of fused-ring (bicyclic) bond motifs is 1. The summed E-state index contributed by atoms with van der Waals surface area (Å²) in [5.74, 6) is -1.73. The molecule has 0 radical (unpaired) electrons. The van der Waals surface area contributed by atoms with E-state index >= 15 is 0 Å². The second kappa shape index (κ2) is 9.88. The van der Waals surface area contributed by atoms with Gasteiger partial charge in [-0.25, -0.2) is 8.78 Å². The zero-order valence-corrected chi connectivity index (χ0v) is 18.0. The molecule has 1 atom stereocenters. The molecule has 5 heteroatoms. The van der Waals surface area contributed by atoms with Gasteiger partial charge in [0.25, 0.3) is 0 Å². The molecule has 3 nitrogen and oxygen atoms in total. The van der Waals surface area contributed by atoms with Gasteiger partial charge in [0.1, 0.15) is 11.6 Å². The van der Waals surface area contributed by atoms with Gasteiger partial charge < -0.3 is 9.88 Å². The quantitative estimate of drug-likeness (QED) is 0.448. The Morgan fingerprint density at radius 3 is 2.40 bits per heavy atom. The van der Waals surface area contributed by atoms with Gasteiger partial charge in [-0.3, -0.25) is 4.79 Å². The summed E-state index contributed by atoms with van der Waals surface area (Å²) in [7, 11) is 0. The van der Waals surface area contributed by atoms with Gasteiger partial charge in [-0.1, -0.05) is 45.0 Å². The van der Waals surface area contributed by atoms with Gasteiger partial charge in [0.15, 0.2) is 0 Å². The second-order valence-corrected chi connectivity index (χ2v) is 7.74. The number of halogens is 2. The Bertz CT molecular complexity index is 1010. The molecule has 1 amide bonds. The number of aromatic nitrogens is 1. The van der Waals surface area contributed by atoms with E-state index in [4.69, 9.17) is 0 Å². The zero-order chi connectivity index (χ0) is 21.7. The van der Waals surface area contributed by atoms with Gasteiger partial charge >= 0.3 is 0 Å². The number of nitrogens with one attached hydrogen (secondary N) is 1. The van der Waals surface area contributed by atoms with Crippen LogP contribution in [0.1, 0.15) is 62.6 Å². The Morgan fingerprint density at radius 1 is 1.03 bits per heavy atom. The van der Waals surface area contributed by atoms with Gasteiger partial charge in [0, 0.05) is 48.6 Å². The molecule has 0 saturated heterocycles. The zero-order valence-electron chi connectivity index (χ0n) is 18.0. The van der Waals surface area contributed by atoms with Crippen LogP contribution in [0.15, 0.2) is 42.6 Å². The molecule has 160 valence electrons. The van der Waals surface area contributed by atoms with E-state index in [1.165, 1.54) is 17.7 Å². The highest BCUT2D eigenvalue weighted by molar-refractivity contribution is 5.88. The van der Waals surface area contributed by atoms with Crippen LogP contribution in [0.25, 0.3) is 10.9 Å². The van der Waals surface area contributed by atoms with Crippen molar-refractivity contribution in [3.63, 3.8) is 0 Å². The highest BCUT2D eigenvalue weighted by Crippen LogP contribution is 2.36. The van der Waals surface area contributed by atoms with E-state index in [9.17, 15) is 13.6 Å². The highest BCUT2D eigenvalue weighted by Gasteiger charge is 2.26. The number of carbonyl (C=O) groups is 1. The standard InChI is InChI=1S/C25H30F2N2O/c1-4-12-29(13-5-2)24(30)15-21(19-11-10-18(26)14-23(19)27)22-16-28-25-17(6-3)8-7-9-20(22)25/h7-11,14,16,21,28H,4-6,12-13,15H2,1-3H3. The van der Waals surface area contributed by atoms with Crippen molar-refractivity contribution in [3.05, 3.63) is 70.9 Å². The molecule has 3 aromatic rings. The SMILES string of the molecule is CCCN(CCC)C(=O)CC(c1ccc(F)cc1F)c1c[nH]c2c(CC)cccc12. The first-order valence-electron chi connectivity index (χ1n) is 10.8. The Hall–Kier alpha value is -2.69. The Morgan fingerprint density at radius 2 is 1.77 bits per heavy atom. The molecule has 1 N–H and O–H groups in total.